The number of amides is 1. The first-order valence-corrected chi connectivity index (χ1v) is 8.10. The van der Waals surface area contributed by atoms with Crippen molar-refractivity contribution < 1.29 is 10.0 Å². The zero-order valence-electron chi connectivity index (χ0n) is 13.2. The molecule has 21 heavy (non-hydrogen) atoms. The van der Waals surface area contributed by atoms with Crippen molar-refractivity contribution in [2.45, 2.75) is 52.0 Å². The second-order valence-corrected chi connectivity index (χ2v) is 6.21. The van der Waals surface area contributed by atoms with Crippen molar-refractivity contribution in [1.82, 2.24) is 9.80 Å². The molecule has 0 aromatic carbocycles. The third-order valence-electron chi connectivity index (χ3n) is 5.31. The summed E-state index contributed by atoms with van der Waals surface area (Å²) in [5.41, 5.74) is 5.01. The van der Waals surface area contributed by atoms with Gasteiger partial charge in [-0.25, -0.2) is 0 Å². The Bertz CT molecular complexity index is 406. The molecule has 2 heterocycles. The summed E-state index contributed by atoms with van der Waals surface area (Å²) in [6, 6.07) is 0.482. The second kappa shape index (κ2) is 6.64. The standard InChI is InChI=1S/C15H28N4O2/c1-3-15(4-2,13(16)17-21)14(20)19-10-6-9-18-8-5-7-12(18)11-19/h12,21H,3-11H2,1-2H3,(H2,16,17). The van der Waals surface area contributed by atoms with Gasteiger partial charge in [0.1, 0.15) is 5.41 Å². The fourth-order valence-corrected chi connectivity index (χ4v) is 3.81. The summed E-state index contributed by atoms with van der Waals surface area (Å²) < 4.78 is 0. The fraction of sp³-hybridized carbons (Fsp3) is 0.867. The van der Waals surface area contributed by atoms with Crippen LogP contribution in [0.2, 0.25) is 0 Å². The summed E-state index contributed by atoms with van der Waals surface area (Å²) in [6.45, 7) is 7.63. The van der Waals surface area contributed by atoms with Crippen LogP contribution in [0.4, 0.5) is 0 Å². The lowest BCUT2D eigenvalue weighted by Crippen LogP contribution is -2.52. The van der Waals surface area contributed by atoms with Crippen LogP contribution in [0.1, 0.15) is 46.0 Å². The highest BCUT2D eigenvalue weighted by Crippen LogP contribution is 2.31. The molecule has 3 N–H and O–H groups in total. The van der Waals surface area contributed by atoms with Gasteiger partial charge in [-0.3, -0.25) is 9.69 Å². The molecule has 0 spiro atoms. The Balaban J connectivity index is 2.20. The van der Waals surface area contributed by atoms with E-state index in [0.29, 0.717) is 18.9 Å². The smallest absolute Gasteiger partial charge is 0.236 e. The van der Waals surface area contributed by atoms with Crippen LogP contribution in [0.3, 0.4) is 0 Å². The van der Waals surface area contributed by atoms with Crippen LogP contribution in [-0.4, -0.2) is 59.0 Å². The lowest BCUT2D eigenvalue weighted by atomic mass is 9.79. The third-order valence-corrected chi connectivity index (χ3v) is 5.31. The number of nitrogens with two attached hydrogens (primary N) is 1. The molecule has 2 rings (SSSR count). The summed E-state index contributed by atoms with van der Waals surface area (Å²) in [7, 11) is 0. The van der Waals surface area contributed by atoms with Crippen LogP contribution >= 0.6 is 0 Å². The molecule has 1 unspecified atom stereocenters. The summed E-state index contributed by atoms with van der Waals surface area (Å²) >= 11 is 0. The van der Waals surface area contributed by atoms with Gasteiger partial charge in [0.15, 0.2) is 5.84 Å². The van der Waals surface area contributed by atoms with E-state index in [1.165, 1.54) is 12.8 Å². The Kier molecular flexibility index (Phi) is 5.08. The minimum Gasteiger partial charge on any atom is -0.409 e. The zero-order valence-corrected chi connectivity index (χ0v) is 13.2. The van der Waals surface area contributed by atoms with Gasteiger partial charge in [0, 0.05) is 25.7 Å². The van der Waals surface area contributed by atoms with Gasteiger partial charge in [-0.15, -0.1) is 0 Å². The molecule has 0 aliphatic carbocycles. The fourth-order valence-electron chi connectivity index (χ4n) is 3.81. The minimum absolute atomic E-state index is 0.0246. The van der Waals surface area contributed by atoms with Crippen LogP contribution in [0, 0.1) is 5.41 Å². The second-order valence-electron chi connectivity index (χ2n) is 6.21. The Morgan fingerprint density at radius 3 is 2.57 bits per heavy atom. The van der Waals surface area contributed by atoms with Crippen molar-refractivity contribution in [2.75, 3.05) is 26.2 Å². The molecule has 0 aromatic rings. The molecule has 2 aliphatic heterocycles. The molecule has 0 aromatic heterocycles. The van der Waals surface area contributed by atoms with Crippen LogP contribution in [0.5, 0.6) is 0 Å². The molecule has 6 nitrogen and oxygen atoms in total. The average molecular weight is 296 g/mol. The van der Waals surface area contributed by atoms with Crippen LogP contribution < -0.4 is 5.73 Å². The predicted molar refractivity (Wildman–Crippen MR) is 82.2 cm³/mol. The largest absolute Gasteiger partial charge is 0.409 e. The highest BCUT2D eigenvalue weighted by molar-refractivity contribution is 6.06. The molecule has 1 amide bonds. The number of hydrogen-bond acceptors (Lipinski definition) is 4. The lowest BCUT2D eigenvalue weighted by Gasteiger charge is -2.35. The van der Waals surface area contributed by atoms with Gasteiger partial charge in [0.2, 0.25) is 5.91 Å². The summed E-state index contributed by atoms with van der Waals surface area (Å²) in [6.07, 6.45) is 4.51. The normalized spacial score (nSPS) is 24.8. The van der Waals surface area contributed by atoms with Crippen molar-refractivity contribution in [3.8, 4) is 0 Å². The number of hydrogen-bond donors (Lipinski definition) is 2. The molecule has 1 atom stereocenters. The van der Waals surface area contributed by atoms with Crippen molar-refractivity contribution in [2.24, 2.45) is 16.3 Å². The third kappa shape index (κ3) is 2.86. The Labute approximate surface area is 127 Å². The summed E-state index contributed by atoms with van der Waals surface area (Å²) in [5, 5.41) is 12.2. The SMILES string of the molecule is CCC(CC)(C(=O)N1CCCN2CCCC2C1)C(N)=NO. The van der Waals surface area contributed by atoms with E-state index in [4.69, 9.17) is 10.9 Å². The van der Waals surface area contributed by atoms with E-state index in [2.05, 4.69) is 10.1 Å². The predicted octanol–water partition coefficient (Wildman–Crippen LogP) is 1.24. The molecule has 6 heteroatoms. The van der Waals surface area contributed by atoms with Gasteiger partial charge in [-0.2, -0.15) is 0 Å². The molecule has 2 fully saturated rings. The highest BCUT2D eigenvalue weighted by atomic mass is 16.4. The van der Waals surface area contributed by atoms with Crippen molar-refractivity contribution in [1.29, 1.82) is 0 Å². The Morgan fingerprint density at radius 2 is 1.95 bits per heavy atom. The number of fused-ring (bicyclic) bond motifs is 1. The van der Waals surface area contributed by atoms with E-state index < -0.39 is 5.41 Å². The average Bonchev–Trinajstić information content (AvgIpc) is 2.85. The van der Waals surface area contributed by atoms with Crippen LogP contribution in [-0.2, 0) is 4.79 Å². The summed E-state index contributed by atoms with van der Waals surface area (Å²) in [4.78, 5) is 17.5. The monoisotopic (exact) mass is 296 g/mol. The molecule has 2 saturated heterocycles. The maximum atomic E-state index is 13.1. The maximum absolute atomic E-state index is 13.1. The molecular formula is C15H28N4O2. The van der Waals surface area contributed by atoms with Crippen molar-refractivity contribution in [3.05, 3.63) is 0 Å². The topological polar surface area (TPSA) is 82.2 Å². The van der Waals surface area contributed by atoms with Crippen LogP contribution in [0.25, 0.3) is 0 Å². The molecule has 2 aliphatic rings. The van der Waals surface area contributed by atoms with Crippen LogP contribution in [0.15, 0.2) is 5.16 Å². The Morgan fingerprint density at radius 1 is 1.29 bits per heavy atom. The van der Waals surface area contributed by atoms with E-state index in [1.807, 2.05) is 18.7 Å². The first-order chi connectivity index (χ1) is 10.1. The number of amidine groups is 1. The summed E-state index contributed by atoms with van der Waals surface area (Å²) in [5.74, 6) is 0.0709. The van der Waals surface area contributed by atoms with Gasteiger partial charge in [0.05, 0.1) is 0 Å². The van der Waals surface area contributed by atoms with E-state index in [-0.39, 0.29) is 11.7 Å². The first-order valence-electron chi connectivity index (χ1n) is 8.10. The lowest BCUT2D eigenvalue weighted by molar-refractivity contribution is -0.139. The van der Waals surface area contributed by atoms with Gasteiger partial charge in [-0.05, 0) is 38.6 Å². The van der Waals surface area contributed by atoms with Crippen molar-refractivity contribution in [3.63, 3.8) is 0 Å². The molecule has 120 valence electrons. The molecule has 0 radical (unpaired) electrons. The van der Waals surface area contributed by atoms with E-state index in [0.717, 1.165) is 32.6 Å². The minimum atomic E-state index is -0.859. The molecule has 0 saturated carbocycles. The van der Waals surface area contributed by atoms with Gasteiger partial charge >= 0.3 is 0 Å². The van der Waals surface area contributed by atoms with Crippen molar-refractivity contribution >= 4 is 11.7 Å². The maximum Gasteiger partial charge on any atom is 0.236 e. The van der Waals surface area contributed by atoms with E-state index >= 15 is 0 Å². The van der Waals surface area contributed by atoms with E-state index in [1.54, 1.807) is 0 Å². The van der Waals surface area contributed by atoms with E-state index in [9.17, 15) is 4.79 Å². The van der Waals surface area contributed by atoms with Gasteiger partial charge < -0.3 is 15.8 Å². The zero-order chi connectivity index (χ0) is 15.5. The first kappa shape index (κ1) is 16.1. The highest BCUT2D eigenvalue weighted by Gasteiger charge is 2.44. The number of oxime groups is 1. The quantitative estimate of drug-likeness (QED) is 0.354. The number of carbonyl (C=O) groups is 1. The van der Waals surface area contributed by atoms with Gasteiger partial charge in [-0.1, -0.05) is 19.0 Å². The Hall–Kier alpha value is -1.30. The number of nitrogens with zero attached hydrogens (tertiary/aromatic N) is 3. The molecular weight excluding hydrogens is 268 g/mol. The number of rotatable bonds is 4. The number of carbonyl (C=O) groups excluding carboxylic acids is 1. The molecule has 0 bridgehead atoms. The van der Waals surface area contributed by atoms with Gasteiger partial charge in [0.25, 0.3) is 0 Å².